The van der Waals surface area contributed by atoms with E-state index in [9.17, 15) is 14.4 Å². The molecule has 0 unspecified atom stereocenters. The topological polar surface area (TPSA) is 98.7 Å². The molecule has 0 aliphatic carbocycles. The molecular weight excluding hydrogens is 430 g/mol. The molecule has 0 bridgehead atoms. The Hall–Kier alpha value is -3.52. The number of hydrazone groups is 1. The SMILES string of the molecule is CCN(Cc1nc2ccccc2c(=O)[nH]1)C(=O)C1=NN(c2ccc(C)c(Cl)c2)C(=O)CC1. The zero-order valence-corrected chi connectivity index (χ0v) is 18.5. The molecule has 0 spiro atoms. The van der Waals surface area contributed by atoms with Crippen molar-refractivity contribution in [1.82, 2.24) is 14.9 Å². The minimum absolute atomic E-state index is 0.124. The maximum atomic E-state index is 13.2. The van der Waals surface area contributed by atoms with Crippen LogP contribution in [0.4, 0.5) is 5.69 Å². The number of amides is 2. The number of halogens is 1. The van der Waals surface area contributed by atoms with Crippen molar-refractivity contribution in [3.8, 4) is 0 Å². The molecule has 2 heterocycles. The van der Waals surface area contributed by atoms with Crippen molar-refractivity contribution in [3.63, 3.8) is 0 Å². The van der Waals surface area contributed by atoms with Crippen LogP contribution in [0.15, 0.2) is 52.4 Å². The van der Waals surface area contributed by atoms with Gasteiger partial charge in [0.2, 0.25) is 5.91 Å². The average molecular weight is 452 g/mol. The van der Waals surface area contributed by atoms with Crippen LogP contribution in [0, 0.1) is 6.92 Å². The second-order valence-corrected chi connectivity index (χ2v) is 7.94. The quantitative estimate of drug-likeness (QED) is 0.642. The van der Waals surface area contributed by atoms with E-state index < -0.39 is 0 Å². The first-order valence-electron chi connectivity index (χ1n) is 10.3. The number of aromatic amines is 1. The Kier molecular flexibility index (Phi) is 6.05. The number of aryl methyl sites for hydroxylation is 1. The number of fused-ring (bicyclic) bond motifs is 1. The van der Waals surface area contributed by atoms with Crippen molar-refractivity contribution in [2.24, 2.45) is 5.10 Å². The first kappa shape index (κ1) is 21.7. The highest BCUT2D eigenvalue weighted by Gasteiger charge is 2.28. The highest BCUT2D eigenvalue weighted by molar-refractivity contribution is 6.40. The Morgan fingerprint density at radius 2 is 1.97 bits per heavy atom. The van der Waals surface area contributed by atoms with E-state index in [1.807, 2.05) is 13.8 Å². The predicted octanol–water partition coefficient (Wildman–Crippen LogP) is 3.42. The molecule has 1 aromatic heterocycles. The highest BCUT2D eigenvalue weighted by atomic mass is 35.5. The third-order valence-corrected chi connectivity index (χ3v) is 5.76. The molecule has 1 N–H and O–H groups in total. The summed E-state index contributed by atoms with van der Waals surface area (Å²) in [5.74, 6) is -0.123. The Morgan fingerprint density at radius 1 is 1.19 bits per heavy atom. The normalized spacial score (nSPS) is 13.9. The van der Waals surface area contributed by atoms with Crippen molar-refractivity contribution in [2.75, 3.05) is 11.6 Å². The fraction of sp³-hybridized carbons (Fsp3) is 0.261. The van der Waals surface area contributed by atoms with Crippen LogP contribution < -0.4 is 10.6 Å². The Balaban J connectivity index is 1.60. The number of nitrogens with zero attached hydrogens (tertiary/aromatic N) is 4. The van der Waals surface area contributed by atoms with Gasteiger partial charge >= 0.3 is 0 Å². The maximum absolute atomic E-state index is 13.2. The van der Waals surface area contributed by atoms with E-state index in [1.165, 1.54) is 5.01 Å². The van der Waals surface area contributed by atoms with Gasteiger partial charge in [0.15, 0.2) is 0 Å². The number of carbonyl (C=O) groups is 2. The van der Waals surface area contributed by atoms with E-state index in [0.29, 0.717) is 34.0 Å². The zero-order valence-electron chi connectivity index (χ0n) is 17.8. The standard InChI is InChI=1S/C23H22ClN5O3/c1-3-28(13-20-25-18-7-5-4-6-16(18)22(31)26-20)23(32)19-10-11-21(30)29(27-19)15-9-8-14(2)17(24)12-15/h4-9,12H,3,10-11,13H2,1-2H3,(H,25,26,31). The molecule has 164 valence electrons. The summed E-state index contributed by atoms with van der Waals surface area (Å²) in [6.45, 7) is 4.22. The van der Waals surface area contributed by atoms with Gasteiger partial charge in [-0.1, -0.05) is 29.8 Å². The molecule has 3 aromatic rings. The molecule has 0 fully saturated rings. The summed E-state index contributed by atoms with van der Waals surface area (Å²) in [6.07, 6.45) is 0.407. The Labute approximate surface area is 189 Å². The van der Waals surface area contributed by atoms with E-state index in [4.69, 9.17) is 11.6 Å². The number of benzene rings is 2. The molecular formula is C23H22ClN5O3. The lowest BCUT2D eigenvalue weighted by atomic mass is 10.1. The lowest BCUT2D eigenvalue weighted by Crippen LogP contribution is -2.41. The van der Waals surface area contributed by atoms with E-state index in [0.717, 1.165) is 5.56 Å². The molecule has 0 saturated heterocycles. The molecule has 2 aromatic carbocycles. The van der Waals surface area contributed by atoms with Gasteiger partial charge in [0.25, 0.3) is 11.5 Å². The minimum atomic E-state index is -0.306. The van der Waals surface area contributed by atoms with Gasteiger partial charge in [0, 0.05) is 24.4 Å². The second-order valence-electron chi connectivity index (χ2n) is 7.53. The lowest BCUT2D eigenvalue weighted by Gasteiger charge is -2.26. The Bertz CT molecular complexity index is 1300. The molecule has 9 heteroatoms. The van der Waals surface area contributed by atoms with Crippen LogP contribution in [0.25, 0.3) is 10.9 Å². The summed E-state index contributed by atoms with van der Waals surface area (Å²) >= 11 is 6.20. The highest BCUT2D eigenvalue weighted by Crippen LogP contribution is 2.26. The van der Waals surface area contributed by atoms with Gasteiger partial charge in [-0.25, -0.2) is 9.99 Å². The number of aromatic nitrogens is 2. The number of nitrogens with one attached hydrogen (secondary N) is 1. The average Bonchev–Trinajstić information content (AvgIpc) is 2.79. The number of hydrogen-bond donors (Lipinski definition) is 1. The zero-order chi connectivity index (χ0) is 22.8. The first-order chi connectivity index (χ1) is 15.4. The van der Waals surface area contributed by atoms with Crippen LogP contribution in [0.3, 0.4) is 0 Å². The van der Waals surface area contributed by atoms with Gasteiger partial charge in [0.1, 0.15) is 11.5 Å². The third-order valence-electron chi connectivity index (χ3n) is 5.35. The molecule has 1 aliphatic heterocycles. The fourth-order valence-corrected chi connectivity index (χ4v) is 3.70. The molecule has 4 rings (SSSR count). The van der Waals surface area contributed by atoms with Crippen molar-refractivity contribution in [2.45, 2.75) is 33.2 Å². The smallest absolute Gasteiger partial charge is 0.270 e. The molecule has 8 nitrogen and oxygen atoms in total. The van der Waals surface area contributed by atoms with Crippen LogP contribution in [-0.4, -0.2) is 38.9 Å². The van der Waals surface area contributed by atoms with Gasteiger partial charge in [0.05, 0.1) is 23.1 Å². The monoisotopic (exact) mass is 451 g/mol. The van der Waals surface area contributed by atoms with Crippen molar-refractivity contribution >= 4 is 45.7 Å². The van der Waals surface area contributed by atoms with Crippen LogP contribution in [0.1, 0.15) is 31.2 Å². The second kappa shape index (κ2) is 8.92. The van der Waals surface area contributed by atoms with Gasteiger partial charge in [-0.15, -0.1) is 0 Å². The number of rotatable bonds is 5. The maximum Gasteiger partial charge on any atom is 0.270 e. The number of para-hydroxylation sites is 1. The van der Waals surface area contributed by atoms with Gasteiger partial charge in [-0.05, 0) is 43.7 Å². The van der Waals surface area contributed by atoms with Crippen LogP contribution in [0.5, 0.6) is 0 Å². The van der Waals surface area contributed by atoms with Gasteiger partial charge < -0.3 is 9.88 Å². The largest absolute Gasteiger partial charge is 0.330 e. The lowest BCUT2D eigenvalue weighted by molar-refractivity contribution is -0.124. The molecule has 0 radical (unpaired) electrons. The Morgan fingerprint density at radius 3 is 2.72 bits per heavy atom. The van der Waals surface area contributed by atoms with E-state index in [-0.39, 0.29) is 42.5 Å². The van der Waals surface area contributed by atoms with Crippen LogP contribution in [0.2, 0.25) is 5.02 Å². The summed E-state index contributed by atoms with van der Waals surface area (Å²) in [6, 6.07) is 12.2. The fourth-order valence-electron chi connectivity index (χ4n) is 3.52. The van der Waals surface area contributed by atoms with Crippen molar-refractivity contribution < 1.29 is 9.59 Å². The molecule has 1 aliphatic rings. The molecule has 0 atom stereocenters. The number of H-pyrrole nitrogens is 1. The van der Waals surface area contributed by atoms with Gasteiger partial charge in [-0.2, -0.15) is 5.10 Å². The third kappa shape index (κ3) is 4.27. The molecule has 2 amide bonds. The van der Waals surface area contributed by atoms with E-state index >= 15 is 0 Å². The van der Waals surface area contributed by atoms with Crippen molar-refractivity contribution in [1.29, 1.82) is 0 Å². The van der Waals surface area contributed by atoms with E-state index in [2.05, 4.69) is 15.1 Å². The number of anilines is 1. The molecule has 32 heavy (non-hydrogen) atoms. The first-order valence-corrected chi connectivity index (χ1v) is 10.7. The predicted molar refractivity (Wildman–Crippen MR) is 124 cm³/mol. The van der Waals surface area contributed by atoms with E-state index in [1.54, 1.807) is 47.4 Å². The number of carbonyl (C=O) groups excluding carboxylic acids is 2. The van der Waals surface area contributed by atoms with Crippen molar-refractivity contribution in [3.05, 3.63) is 69.2 Å². The summed E-state index contributed by atoms with van der Waals surface area (Å²) in [5, 5.41) is 6.58. The summed E-state index contributed by atoms with van der Waals surface area (Å²) < 4.78 is 0. The minimum Gasteiger partial charge on any atom is -0.330 e. The van der Waals surface area contributed by atoms with Crippen LogP contribution >= 0.6 is 11.6 Å². The summed E-state index contributed by atoms with van der Waals surface area (Å²) in [5.41, 5.74) is 1.98. The summed E-state index contributed by atoms with van der Waals surface area (Å²) in [7, 11) is 0. The summed E-state index contributed by atoms with van der Waals surface area (Å²) in [4.78, 5) is 46.8. The van der Waals surface area contributed by atoms with Gasteiger partial charge in [-0.3, -0.25) is 14.4 Å². The number of hydrogen-bond acceptors (Lipinski definition) is 5. The van der Waals surface area contributed by atoms with Crippen LogP contribution in [-0.2, 0) is 16.1 Å². The molecule has 0 saturated carbocycles.